The molecule has 0 aliphatic rings. The van der Waals surface area contributed by atoms with Gasteiger partial charge in [0.05, 0.1) is 0 Å². The Balaban J connectivity index is 1.90. The lowest BCUT2D eigenvalue weighted by Gasteiger charge is -2.12. The van der Waals surface area contributed by atoms with E-state index in [-0.39, 0.29) is 0 Å². The number of hydrogen-bond acceptors (Lipinski definition) is 3. The smallest absolute Gasteiger partial charge is 0.333 e. The molecule has 0 aliphatic carbocycles. The van der Waals surface area contributed by atoms with Gasteiger partial charge in [-0.2, -0.15) is 0 Å². The van der Waals surface area contributed by atoms with Gasteiger partial charge in [-0.25, -0.2) is 4.79 Å². The highest BCUT2D eigenvalue weighted by Gasteiger charge is 2.17. The van der Waals surface area contributed by atoms with E-state index in [0.717, 1.165) is 25.6 Å². The van der Waals surface area contributed by atoms with E-state index in [2.05, 4.69) is 43.7 Å². The lowest BCUT2D eigenvalue weighted by atomic mass is 10.1. The van der Waals surface area contributed by atoms with Crippen LogP contribution in [0.2, 0.25) is 0 Å². The summed E-state index contributed by atoms with van der Waals surface area (Å²) in [6, 6.07) is 13.2. The molecule has 1 atom stereocenters. The Kier molecular flexibility index (Phi) is 9.46. The monoisotopic (exact) mass is 520 g/mol. The number of carbonyl (C=O) groups is 1. The van der Waals surface area contributed by atoms with Crippen LogP contribution in [0.3, 0.4) is 0 Å². The van der Waals surface area contributed by atoms with Crippen molar-refractivity contribution in [3.8, 4) is 17.6 Å². The third kappa shape index (κ3) is 8.06. The van der Waals surface area contributed by atoms with Crippen molar-refractivity contribution >= 4 is 37.8 Å². The maximum Gasteiger partial charge on any atom is 0.333 e. The SMILES string of the molecule is CCOC(Cc1ccc(OC/C=C(\C)C#Cc2ccc(Br)cc2Br)cc1)C(=O)O. The molecule has 0 radical (unpaired) electrons. The van der Waals surface area contributed by atoms with Gasteiger partial charge in [-0.05, 0) is 77.3 Å². The van der Waals surface area contributed by atoms with Crippen LogP contribution < -0.4 is 4.74 Å². The zero-order valence-corrected chi connectivity index (χ0v) is 19.4. The van der Waals surface area contributed by atoms with E-state index in [1.807, 2.05) is 55.5 Å². The molecule has 152 valence electrons. The van der Waals surface area contributed by atoms with Gasteiger partial charge in [-0.15, -0.1) is 0 Å². The molecule has 0 heterocycles. The molecule has 1 unspecified atom stereocenters. The van der Waals surface area contributed by atoms with Gasteiger partial charge in [0.25, 0.3) is 0 Å². The Morgan fingerprint density at radius 1 is 1.21 bits per heavy atom. The van der Waals surface area contributed by atoms with Crippen molar-refractivity contribution in [1.82, 2.24) is 0 Å². The fourth-order valence-corrected chi connectivity index (χ4v) is 3.57. The van der Waals surface area contributed by atoms with Crippen molar-refractivity contribution in [3.05, 3.63) is 74.2 Å². The Hall–Kier alpha value is -2.07. The maximum absolute atomic E-state index is 11.2. The first-order valence-corrected chi connectivity index (χ1v) is 10.7. The number of carboxylic acids is 1. The third-order valence-corrected chi connectivity index (χ3v) is 5.10. The molecule has 4 nitrogen and oxygen atoms in total. The van der Waals surface area contributed by atoms with Crippen LogP contribution in [0.1, 0.15) is 25.0 Å². The zero-order chi connectivity index (χ0) is 21.2. The number of halogens is 2. The molecule has 2 aromatic rings. The van der Waals surface area contributed by atoms with Gasteiger partial charge in [0, 0.05) is 27.5 Å². The number of hydrogen-bond donors (Lipinski definition) is 1. The Bertz CT molecular complexity index is 924. The van der Waals surface area contributed by atoms with Crippen molar-refractivity contribution in [2.45, 2.75) is 26.4 Å². The topological polar surface area (TPSA) is 55.8 Å². The quantitative estimate of drug-likeness (QED) is 0.458. The number of aliphatic carboxylic acids is 1. The minimum atomic E-state index is -0.955. The largest absolute Gasteiger partial charge is 0.490 e. The van der Waals surface area contributed by atoms with Crippen LogP contribution in [0.25, 0.3) is 0 Å². The summed E-state index contributed by atoms with van der Waals surface area (Å²) in [5, 5.41) is 9.16. The molecule has 2 aromatic carbocycles. The second kappa shape index (κ2) is 11.8. The second-order valence-electron chi connectivity index (χ2n) is 6.20. The molecule has 0 fully saturated rings. The summed E-state index contributed by atoms with van der Waals surface area (Å²) in [5.41, 5.74) is 2.72. The third-order valence-electron chi connectivity index (χ3n) is 3.95. The summed E-state index contributed by atoms with van der Waals surface area (Å²) in [4.78, 5) is 11.2. The van der Waals surface area contributed by atoms with Crippen LogP contribution in [0.4, 0.5) is 0 Å². The standard InChI is InChI=1S/C23H22Br2O4/c1-3-28-22(23(26)27)14-17-5-10-20(11-6-17)29-13-12-16(2)4-7-18-8-9-19(24)15-21(18)25/h5-6,8-12,15,22H,3,13-14H2,1-2H3,(H,26,27)/b16-12+. The number of allylic oxidation sites excluding steroid dienone is 1. The lowest BCUT2D eigenvalue weighted by molar-refractivity contribution is -0.149. The Morgan fingerprint density at radius 3 is 2.55 bits per heavy atom. The molecular weight excluding hydrogens is 500 g/mol. The van der Waals surface area contributed by atoms with Crippen molar-refractivity contribution < 1.29 is 19.4 Å². The van der Waals surface area contributed by atoms with Crippen LogP contribution in [0.5, 0.6) is 5.75 Å². The van der Waals surface area contributed by atoms with E-state index >= 15 is 0 Å². The van der Waals surface area contributed by atoms with Gasteiger partial charge in [-0.3, -0.25) is 0 Å². The van der Waals surface area contributed by atoms with Crippen molar-refractivity contribution in [2.24, 2.45) is 0 Å². The van der Waals surface area contributed by atoms with Crippen LogP contribution >= 0.6 is 31.9 Å². The fourth-order valence-electron chi connectivity index (χ4n) is 2.43. The summed E-state index contributed by atoms with van der Waals surface area (Å²) in [7, 11) is 0. The number of carboxylic acid groups (broad SMARTS) is 1. The molecule has 0 saturated carbocycles. The average molecular weight is 522 g/mol. The minimum absolute atomic E-state index is 0.323. The van der Waals surface area contributed by atoms with E-state index < -0.39 is 12.1 Å². The van der Waals surface area contributed by atoms with E-state index in [4.69, 9.17) is 14.6 Å². The minimum Gasteiger partial charge on any atom is -0.490 e. The van der Waals surface area contributed by atoms with E-state index in [0.29, 0.717) is 25.4 Å². The van der Waals surface area contributed by atoms with Gasteiger partial charge in [-0.1, -0.05) is 39.9 Å². The normalized spacial score (nSPS) is 12.1. The molecule has 0 saturated heterocycles. The average Bonchev–Trinajstić information content (AvgIpc) is 2.68. The molecule has 2 rings (SSSR count). The molecule has 0 amide bonds. The van der Waals surface area contributed by atoms with E-state index in [1.54, 1.807) is 6.92 Å². The number of ether oxygens (including phenoxy) is 2. The zero-order valence-electron chi connectivity index (χ0n) is 16.2. The highest BCUT2D eigenvalue weighted by atomic mass is 79.9. The number of rotatable bonds is 8. The van der Waals surface area contributed by atoms with Crippen molar-refractivity contribution in [3.63, 3.8) is 0 Å². The Labute approximate surface area is 188 Å². The van der Waals surface area contributed by atoms with Gasteiger partial charge in [0.2, 0.25) is 0 Å². The molecular formula is C23H22Br2O4. The molecule has 29 heavy (non-hydrogen) atoms. The summed E-state index contributed by atoms with van der Waals surface area (Å²) in [5.74, 6) is 6.01. The molecule has 0 spiro atoms. The van der Waals surface area contributed by atoms with Crippen LogP contribution in [-0.4, -0.2) is 30.4 Å². The molecule has 0 aliphatic heterocycles. The Morgan fingerprint density at radius 2 is 1.93 bits per heavy atom. The highest BCUT2D eigenvalue weighted by Crippen LogP contribution is 2.21. The van der Waals surface area contributed by atoms with Crippen molar-refractivity contribution in [1.29, 1.82) is 0 Å². The van der Waals surface area contributed by atoms with Crippen LogP contribution in [0, 0.1) is 11.8 Å². The summed E-state index contributed by atoms with van der Waals surface area (Å²) >= 11 is 6.92. The number of benzene rings is 2. The molecule has 0 aromatic heterocycles. The van der Waals surface area contributed by atoms with Crippen LogP contribution in [-0.2, 0) is 16.0 Å². The maximum atomic E-state index is 11.2. The van der Waals surface area contributed by atoms with Gasteiger partial charge in [0.15, 0.2) is 6.10 Å². The summed E-state index contributed by atoms with van der Waals surface area (Å²) in [6.45, 7) is 4.49. The highest BCUT2D eigenvalue weighted by molar-refractivity contribution is 9.11. The predicted molar refractivity (Wildman–Crippen MR) is 121 cm³/mol. The molecule has 1 N–H and O–H groups in total. The molecule has 6 heteroatoms. The first kappa shape index (κ1) is 23.2. The van der Waals surface area contributed by atoms with Crippen molar-refractivity contribution in [2.75, 3.05) is 13.2 Å². The van der Waals surface area contributed by atoms with Crippen LogP contribution in [0.15, 0.2) is 63.1 Å². The first-order chi connectivity index (χ1) is 13.9. The fraction of sp³-hybridized carbons (Fsp3) is 0.261. The molecule has 0 bridgehead atoms. The van der Waals surface area contributed by atoms with E-state index in [9.17, 15) is 4.79 Å². The summed E-state index contributed by atoms with van der Waals surface area (Å²) in [6.07, 6.45) is 1.41. The van der Waals surface area contributed by atoms with Gasteiger partial charge in [0.1, 0.15) is 12.4 Å². The predicted octanol–water partition coefficient (Wildman–Crippen LogP) is 5.62. The summed E-state index contributed by atoms with van der Waals surface area (Å²) < 4.78 is 12.9. The van der Waals surface area contributed by atoms with Gasteiger partial charge < -0.3 is 14.6 Å². The lowest BCUT2D eigenvalue weighted by Crippen LogP contribution is -2.26. The van der Waals surface area contributed by atoms with E-state index in [1.165, 1.54) is 0 Å². The first-order valence-electron chi connectivity index (χ1n) is 9.09. The van der Waals surface area contributed by atoms with Gasteiger partial charge >= 0.3 is 5.97 Å². The second-order valence-corrected chi connectivity index (χ2v) is 7.97.